The first-order valence-electron chi connectivity index (χ1n) is 9.64. The highest BCUT2D eigenvalue weighted by Gasteiger charge is 2.29. The number of carbonyl (C=O) groups excluding carboxylic acids is 4. The van der Waals surface area contributed by atoms with Gasteiger partial charge in [0.05, 0.1) is 12.1 Å². The van der Waals surface area contributed by atoms with E-state index in [-0.39, 0.29) is 19.3 Å². The largest absolute Gasteiger partial charge is 0.481 e. The zero-order valence-corrected chi connectivity index (χ0v) is 17.4. The highest BCUT2D eigenvalue weighted by Crippen LogP contribution is 2.05. The Bertz CT molecular complexity index is 727. The van der Waals surface area contributed by atoms with Gasteiger partial charge in [0.2, 0.25) is 17.7 Å². The predicted octanol–water partition coefficient (Wildman–Crippen LogP) is -2.42. The summed E-state index contributed by atoms with van der Waals surface area (Å²) in [5.41, 5.74) is 5.58. The van der Waals surface area contributed by atoms with Crippen molar-refractivity contribution in [1.82, 2.24) is 16.0 Å². The third kappa shape index (κ3) is 12.2. The fourth-order valence-electron chi connectivity index (χ4n) is 2.39. The molecule has 0 fully saturated rings. The lowest BCUT2D eigenvalue weighted by atomic mass is 10.1. The Hall–Kier alpha value is -3.55. The minimum atomic E-state index is -1.45. The van der Waals surface area contributed by atoms with Gasteiger partial charge in [-0.25, -0.2) is 0 Å². The molecule has 14 heteroatoms. The first-order chi connectivity index (χ1) is 14.9. The van der Waals surface area contributed by atoms with Crippen molar-refractivity contribution in [2.45, 2.75) is 69.6 Å². The van der Waals surface area contributed by atoms with Crippen LogP contribution in [0.4, 0.5) is 0 Å². The van der Waals surface area contributed by atoms with E-state index in [0.29, 0.717) is 6.29 Å². The van der Waals surface area contributed by atoms with Crippen molar-refractivity contribution in [3.8, 4) is 0 Å². The van der Waals surface area contributed by atoms with E-state index in [0.717, 1.165) is 0 Å². The lowest BCUT2D eigenvalue weighted by Crippen LogP contribution is -2.56. The van der Waals surface area contributed by atoms with Crippen molar-refractivity contribution >= 4 is 41.9 Å². The number of nitrogens with two attached hydrogens (primary N) is 1. The number of hydrogen-bond acceptors (Lipinski definition) is 8. The summed E-state index contributed by atoms with van der Waals surface area (Å²) >= 11 is 0. The standard InChI is InChI=1S/C18H28N4O10/c1-9(8-23)20-17(31)11(3-6-14(26)27)22-18(32)12(4-7-15(28)29)21-16(30)10(19)2-5-13(24)25/h8-12H,2-7,19H2,1H3,(H,20,31)(H,21,30)(H,22,32)(H,24,25)(H,26,27)(H,28,29)/t9-,10-,11-,12-/m0/s1. The maximum absolute atomic E-state index is 12.6. The Morgan fingerprint density at radius 1 is 0.719 bits per heavy atom. The number of carbonyl (C=O) groups is 7. The molecule has 0 bridgehead atoms. The average molecular weight is 460 g/mol. The molecule has 0 aliphatic rings. The number of nitrogens with one attached hydrogen (secondary N) is 3. The lowest BCUT2D eigenvalue weighted by Gasteiger charge is -2.24. The summed E-state index contributed by atoms with van der Waals surface area (Å²) in [5, 5.41) is 33.1. The van der Waals surface area contributed by atoms with Crippen LogP contribution >= 0.6 is 0 Å². The first-order valence-corrected chi connectivity index (χ1v) is 9.64. The van der Waals surface area contributed by atoms with Crippen LogP contribution in [0.15, 0.2) is 0 Å². The quantitative estimate of drug-likeness (QED) is 0.119. The van der Waals surface area contributed by atoms with Crippen LogP contribution in [0.25, 0.3) is 0 Å². The number of carboxylic acid groups (broad SMARTS) is 3. The minimum absolute atomic E-state index is 0.234. The molecular formula is C18H28N4O10. The monoisotopic (exact) mass is 460 g/mol. The van der Waals surface area contributed by atoms with Crippen LogP contribution < -0.4 is 21.7 Å². The fraction of sp³-hybridized carbons (Fsp3) is 0.611. The van der Waals surface area contributed by atoms with E-state index in [2.05, 4.69) is 16.0 Å². The van der Waals surface area contributed by atoms with E-state index in [4.69, 9.17) is 21.1 Å². The molecule has 0 aromatic carbocycles. The maximum atomic E-state index is 12.6. The molecule has 0 saturated carbocycles. The molecule has 14 nitrogen and oxygen atoms in total. The molecule has 0 saturated heterocycles. The highest BCUT2D eigenvalue weighted by atomic mass is 16.4. The molecule has 0 aromatic rings. The Balaban J connectivity index is 5.39. The van der Waals surface area contributed by atoms with Crippen LogP contribution in [-0.4, -0.2) is 81.4 Å². The van der Waals surface area contributed by atoms with E-state index < -0.39 is 79.1 Å². The molecule has 4 atom stereocenters. The van der Waals surface area contributed by atoms with E-state index in [9.17, 15) is 33.6 Å². The molecule has 32 heavy (non-hydrogen) atoms. The molecule has 8 N–H and O–H groups in total. The molecule has 0 aliphatic carbocycles. The van der Waals surface area contributed by atoms with Crippen LogP contribution in [0, 0.1) is 0 Å². The zero-order valence-electron chi connectivity index (χ0n) is 17.4. The molecule has 0 spiro atoms. The second-order valence-corrected chi connectivity index (χ2v) is 6.96. The van der Waals surface area contributed by atoms with Crippen molar-refractivity contribution in [3.63, 3.8) is 0 Å². The van der Waals surface area contributed by atoms with E-state index in [1.807, 2.05) is 0 Å². The van der Waals surface area contributed by atoms with Crippen molar-refractivity contribution in [3.05, 3.63) is 0 Å². The molecule has 0 heterocycles. The Labute approximate surface area is 182 Å². The fourth-order valence-corrected chi connectivity index (χ4v) is 2.39. The van der Waals surface area contributed by atoms with Gasteiger partial charge in [0.25, 0.3) is 0 Å². The van der Waals surface area contributed by atoms with Gasteiger partial charge < -0.3 is 41.8 Å². The van der Waals surface area contributed by atoms with Gasteiger partial charge in [-0.05, 0) is 26.2 Å². The van der Waals surface area contributed by atoms with Crippen molar-refractivity contribution < 1.29 is 48.9 Å². The second kappa shape index (κ2) is 14.5. The number of aliphatic carboxylic acids is 3. The summed E-state index contributed by atoms with van der Waals surface area (Å²) in [4.78, 5) is 80.2. The molecule has 3 amide bonds. The highest BCUT2D eigenvalue weighted by molar-refractivity contribution is 5.94. The van der Waals surface area contributed by atoms with Crippen LogP contribution in [0.3, 0.4) is 0 Å². The van der Waals surface area contributed by atoms with Gasteiger partial charge in [-0.2, -0.15) is 0 Å². The van der Waals surface area contributed by atoms with E-state index >= 15 is 0 Å². The Morgan fingerprint density at radius 3 is 1.50 bits per heavy atom. The minimum Gasteiger partial charge on any atom is -0.481 e. The summed E-state index contributed by atoms with van der Waals surface area (Å²) in [7, 11) is 0. The Morgan fingerprint density at radius 2 is 1.09 bits per heavy atom. The topological polar surface area (TPSA) is 242 Å². The summed E-state index contributed by atoms with van der Waals surface area (Å²) in [6.07, 6.45) is -1.97. The number of hydrogen-bond donors (Lipinski definition) is 7. The molecule has 0 aliphatic heterocycles. The van der Waals surface area contributed by atoms with Crippen LogP contribution in [0.5, 0.6) is 0 Å². The SMILES string of the molecule is C[C@@H](C=O)NC(=O)[C@H](CCC(=O)O)NC(=O)[C@H](CCC(=O)O)NC(=O)[C@@H](N)CCC(=O)O. The van der Waals surface area contributed by atoms with Crippen LogP contribution in [0.2, 0.25) is 0 Å². The third-order valence-electron chi connectivity index (χ3n) is 4.14. The third-order valence-corrected chi connectivity index (χ3v) is 4.14. The maximum Gasteiger partial charge on any atom is 0.303 e. The number of amides is 3. The number of aldehydes is 1. The smallest absolute Gasteiger partial charge is 0.303 e. The van der Waals surface area contributed by atoms with Gasteiger partial charge >= 0.3 is 17.9 Å². The summed E-state index contributed by atoms with van der Waals surface area (Å²) < 4.78 is 0. The van der Waals surface area contributed by atoms with Gasteiger partial charge in [-0.3, -0.25) is 28.8 Å². The predicted molar refractivity (Wildman–Crippen MR) is 106 cm³/mol. The number of rotatable bonds is 16. The number of carboxylic acids is 3. The van der Waals surface area contributed by atoms with Gasteiger partial charge in [-0.15, -0.1) is 0 Å². The van der Waals surface area contributed by atoms with Gasteiger partial charge in [-0.1, -0.05) is 0 Å². The van der Waals surface area contributed by atoms with Crippen molar-refractivity contribution in [1.29, 1.82) is 0 Å². The zero-order chi connectivity index (χ0) is 24.8. The van der Waals surface area contributed by atoms with E-state index in [1.165, 1.54) is 6.92 Å². The van der Waals surface area contributed by atoms with Gasteiger partial charge in [0, 0.05) is 19.3 Å². The van der Waals surface area contributed by atoms with Gasteiger partial charge in [0.15, 0.2) is 0 Å². The molecule has 0 radical (unpaired) electrons. The van der Waals surface area contributed by atoms with Crippen molar-refractivity contribution in [2.75, 3.05) is 0 Å². The molecule has 0 aromatic heterocycles. The molecule has 0 rings (SSSR count). The Kier molecular flexibility index (Phi) is 12.9. The van der Waals surface area contributed by atoms with Gasteiger partial charge in [0.1, 0.15) is 18.4 Å². The summed E-state index contributed by atoms with van der Waals surface area (Å²) in [6, 6.07) is -5.03. The van der Waals surface area contributed by atoms with Crippen LogP contribution in [-0.2, 0) is 33.6 Å². The molecular weight excluding hydrogens is 432 g/mol. The summed E-state index contributed by atoms with van der Waals surface area (Å²) in [5.74, 6) is -6.44. The van der Waals surface area contributed by atoms with Crippen molar-refractivity contribution in [2.24, 2.45) is 5.73 Å². The summed E-state index contributed by atoms with van der Waals surface area (Å²) in [6.45, 7) is 1.36. The van der Waals surface area contributed by atoms with Crippen LogP contribution in [0.1, 0.15) is 45.4 Å². The normalized spacial score (nSPS) is 14.2. The second-order valence-electron chi connectivity index (χ2n) is 6.96. The lowest BCUT2D eigenvalue weighted by molar-refractivity contribution is -0.140. The average Bonchev–Trinajstić information content (AvgIpc) is 2.71. The first kappa shape index (κ1) is 28.5. The molecule has 0 unspecified atom stereocenters. The van der Waals surface area contributed by atoms with E-state index in [1.54, 1.807) is 0 Å². The molecule has 180 valence electrons.